The van der Waals surface area contributed by atoms with Crippen molar-refractivity contribution in [3.8, 4) is 6.07 Å². The van der Waals surface area contributed by atoms with Gasteiger partial charge in [0.05, 0.1) is 17.8 Å². The lowest BCUT2D eigenvalue weighted by Gasteiger charge is -2.13. The second kappa shape index (κ2) is 5.51. The van der Waals surface area contributed by atoms with Crippen molar-refractivity contribution >= 4 is 5.91 Å². The first-order chi connectivity index (χ1) is 8.39. The minimum atomic E-state index is -3.36. The molecule has 1 amide bonds. The summed E-state index contributed by atoms with van der Waals surface area (Å²) in [5, 5.41) is 19.0. The smallest absolute Gasteiger partial charge is 0.287 e. The van der Waals surface area contributed by atoms with Crippen molar-refractivity contribution in [2.45, 2.75) is 12.8 Å². The molecule has 0 saturated heterocycles. The molecule has 0 unspecified atom stereocenters. The quantitative estimate of drug-likeness (QED) is 0.825. The number of nitrogens with zero attached hydrogens (tertiary/aromatic N) is 2. The molecule has 0 saturated carbocycles. The summed E-state index contributed by atoms with van der Waals surface area (Å²) < 4.78 is 25.4. The molecule has 0 spiro atoms. The van der Waals surface area contributed by atoms with Crippen LogP contribution in [0.4, 0.5) is 8.78 Å². The number of aliphatic hydroxyl groups excluding tert-OH is 1. The van der Waals surface area contributed by atoms with E-state index in [0.717, 1.165) is 0 Å². The molecule has 1 heterocycles. The van der Waals surface area contributed by atoms with E-state index in [2.05, 4.69) is 4.98 Å². The fourth-order valence-electron chi connectivity index (χ4n) is 1.16. The standard InChI is InChI=1S/C11H11F2N3O2/c1-7-8(4-14)2-3-9(16-7)10(18)15-5-11(12,13)6-17/h2-3,17H,5-6H2,1H3,(H,15,18). The van der Waals surface area contributed by atoms with Gasteiger partial charge in [-0.05, 0) is 19.1 Å². The fraction of sp³-hybridized carbons (Fsp3) is 0.364. The van der Waals surface area contributed by atoms with E-state index < -0.39 is 25.0 Å². The zero-order valence-electron chi connectivity index (χ0n) is 9.57. The van der Waals surface area contributed by atoms with Crippen LogP contribution >= 0.6 is 0 Å². The summed E-state index contributed by atoms with van der Waals surface area (Å²) in [6, 6.07) is 4.55. The van der Waals surface area contributed by atoms with Gasteiger partial charge in [-0.3, -0.25) is 4.79 Å². The van der Waals surface area contributed by atoms with Crippen LogP contribution in [0, 0.1) is 18.3 Å². The second-order valence-corrected chi connectivity index (χ2v) is 3.64. The number of nitrogens with one attached hydrogen (secondary N) is 1. The third-order valence-corrected chi connectivity index (χ3v) is 2.18. The zero-order valence-corrected chi connectivity index (χ0v) is 9.57. The minimum Gasteiger partial charge on any atom is -0.390 e. The van der Waals surface area contributed by atoms with E-state index in [1.54, 1.807) is 0 Å². The van der Waals surface area contributed by atoms with Crippen molar-refractivity contribution in [3.05, 3.63) is 29.1 Å². The second-order valence-electron chi connectivity index (χ2n) is 3.64. The van der Waals surface area contributed by atoms with Crippen molar-refractivity contribution in [1.82, 2.24) is 10.3 Å². The van der Waals surface area contributed by atoms with Crippen LogP contribution in [0.15, 0.2) is 12.1 Å². The zero-order chi connectivity index (χ0) is 13.8. The van der Waals surface area contributed by atoms with Crippen molar-refractivity contribution in [2.75, 3.05) is 13.2 Å². The number of aliphatic hydroxyl groups is 1. The maximum absolute atomic E-state index is 12.7. The van der Waals surface area contributed by atoms with E-state index in [9.17, 15) is 13.6 Å². The number of aryl methyl sites for hydroxylation is 1. The number of aromatic nitrogens is 1. The van der Waals surface area contributed by atoms with E-state index >= 15 is 0 Å². The number of rotatable bonds is 4. The van der Waals surface area contributed by atoms with Gasteiger partial charge in [0.1, 0.15) is 18.4 Å². The van der Waals surface area contributed by atoms with Gasteiger partial charge in [-0.15, -0.1) is 0 Å². The molecule has 0 atom stereocenters. The normalized spacial score (nSPS) is 10.8. The Hall–Kier alpha value is -2.07. The lowest BCUT2D eigenvalue weighted by atomic mass is 10.2. The van der Waals surface area contributed by atoms with Crippen LogP contribution in [0.25, 0.3) is 0 Å². The molecule has 2 N–H and O–H groups in total. The summed E-state index contributed by atoms with van der Waals surface area (Å²) in [4.78, 5) is 15.3. The maximum Gasteiger partial charge on any atom is 0.287 e. The number of carbonyl (C=O) groups excluding carboxylic acids is 1. The summed E-state index contributed by atoms with van der Waals surface area (Å²) in [5.41, 5.74) is 0.603. The molecule has 1 rings (SSSR count). The molecule has 7 heteroatoms. The van der Waals surface area contributed by atoms with Gasteiger partial charge in [0.15, 0.2) is 0 Å². The van der Waals surface area contributed by atoms with E-state index in [1.807, 2.05) is 11.4 Å². The number of carbonyl (C=O) groups is 1. The van der Waals surface area contributed by atoms with Crippen LogP contribution in [-0.4, -0.2) is 35.1 Å². The van der Waals surface area contributed by atoms with E-state index in [1.165, 1.54) is 19.1 Å². The molecular weight excluding hydrogens is 244 g/mol. The molecular formula is C11H11F2N3O2. The molecule has 0 fully saturated rings. The number of hydrogen-bond donors (Lipinski definition) is 2. The van der Waals surface area contributed by atoms with Crippen LogP contribution in [-0.2, 0) is 0 Å². The van der Waals surface area contributed by atoms with Crippen LogP contribution in [0.3, 0.4) is 0 Å². The Morgan fingerprint density at radius 3 is 2.78 bits per heavy atom. The van der Waals surface area contributed by atoms with E-state index in [0.29, 0.717) is 11.3 Å². The number of alkyl halides is 2. The average molecular weight is 255 g/mol. The third-order valence-electron chi connectivity index (χ3n) is 2.18. The predicted octanol–water partition coefficient (Wildman–Crippen LogP) is 0.619. The Morgan fingerprint density at radius 1 is 1.61 bits per heavy atom. The van der Waals surface area contributed by atoms with Gasteiger partial charge >= 0.3 is 0 Å². The van der Waals surface area contributed by atoms with Crippen LogP contribution in [0.1, 0.15) is 21.7 Å². The van der Waals surface area contributed by atoms with Gasteiger partial charge in [0, 0.05) is 0 Å². The molecule has 5 nitrogen and oxygen atoms in total. The first-order valence-corrected chi connectivity index (χ1v) is 5.04. The summed E-state index contributed by atoms with van der Waals surface area (Å²) in [6.07, 6.45) is 0. The molecule has 96 valence electrons. The highest BCUT2D eigenvalue weighted by Crippen LogP contribution is 2.10. The Balaban J connectivity index is 2.74. The fourth-order valence-corrected chi connectivity index (χ4v) is 1.16. The molecule has 0 aliphatic heterocycles. The third kappa shape index (κ3) is 3.46. The monoisotopic (exact) mass is 255 g/mol. The topological polar surface area (TPSA) is 86.0 Å². The lowest BCUT2D eigenvalue weighted by Crippen LogP contribution is -2.39. The average Bonchev–Trinajstić information content (AvgIpc) is 2.36. The summed E-state index contributed by atoms with van der Waals surface area (Å²) in [5.74, 6) is -4.15. The number of amides is 1. The summed E-state index contributed by atoms with van der Waals surface area (Å²) >= 11 is 0. The Morgan fingerprint density at radius 2 is 2.28 bits per heavy atom. The van der Waals surface area contributed by atoms with Crippen molar-refractivity contribution in [2.24, 2.45) is 0 Å². The first kappa shape index (κ1) is 14.0. The lowest BCUT2D eigenvalue weighted by molar-refractivity contribution is -0.0462. The maximum atomic E-state index is 12.7. The number of hydrogen-bond acceptors (Lipinski definition) is 4. The van der Waals surface area contributed by atoms with Crippen LogP contribution in [0.2, 0.25) is 0 Å². The largest absolute Gasteiger partial charge is 0.390 e. The minimum absolute atomic E-state index is 0.0553. The van der Waals surface area contributed by atoms with Gasteiger partial charge in [0.25, 0.3) is 11.8 Å². The van der Waals surface area contributed by atoms with E-state index in [-0.39, 0.29) is 5.69 Å². The molecule has 0 aromatic carbocycles. The van der Waals surface area contributed by atoms with Crippen molar-refractivity contribution < 1.29 is 18.7 Å². The van der Waals surface area contributed by atoms with Gasteiger partial charge in [0.2, 0.25) is 0 Å². The molecule has 0 bridgehead atoms. The summed E-state index contributed by atoms with van der Waals surface area (Å²) in [7, 11) is 0. The SMILES string of the molecule is Cc1nc(C(=O)NCC(F)(F)CO)ccc1C#N. The van der Waals surface area contributed by atoms with E-state index in [4.69, 9.17) is 10.4 Å². The highest BCUT2D eigenvalue weighted by atomic mass is 19.3. The Bertz CT molecular complexity index is 498. The number of pyridine rings is 1. The van der Waals surface area contributed by atoms with Crippen LogP contribution < -0.4 is 5.32 Å². The molecule has 0 radical (unpaired) electrons. The molecule has 1 aromatic rings. The molecule has 0 aliphatic rings. The number of halogens is 2. The van der Waals surface area contributed by atoms with Gasteiger partial charge in [-0.2, -0.15) is 5.26 Å². The van der Waals surface area contributed by atoms with Crippen LogP contribution in [0.5, 0.6) is 0 Å². The molecule has 0 aliphatic carbocycles. The Labute approximate surface area is 102 Å². The highest BCUT2D eigenvalue weighted by molar-refractivity contribution is 5.92. The predicted molar refractivity (Wildman–Crippen MR) is 58.1 cm³/mol. The molecule has 1 aromatic heterocycles. The van der Waals surface area contributed by atoms with Gasteiger partial charge in [-0.25, -0.2) is 13.8 Å². The Kier molecular flexibility index (Phi) is 4.28. The van der Waals surface area contributed by atoms with Gasteiger partial charge < -0.3 is 10.4 Å². The first-order valence-electron chi connectivity index (χ1n) is 5.04. The number of nitriles is 1. The van der Waals surface area contributed by atoms with Crippen molar-refractivity contribution in [3.63, 3.8) is 0 Å². The highest BCUT2D eigenvalue weighted by Gasteiger charge is 2.28. The molecule has 18 heavy (non-hydrogen) atoms. The summed E-state index contributed by atoms with van der Waals surface area (Å²) in [6.45, 7) is -0.770. The van der Waals surface area contributed by atoms with Crippen molar-refractivity contribution in [1.29, 1.82) is 5.26 Å². The van der Waals surface area contributed by atoms with Gasteiger partial charge in [-0.1, -0.05) is 0 Å².